The maximum Gasteiger partial charge on any atom is 0.264 e. The van der Waals surface area contributed by atoms with Crippen LogP contribution in [-0.2, 0) is 17.1 Å². The van der Waals surface area contributed by atoms with Crippen LogP contribution in [-0.4, -0.2) is 30.9 Å². The Bertz CT molecular complexity index is 1420. The topological polar surface area (TPSA) is 84.3 Å². The highest BCUT2D eigenvalue weighted by Gasteiger charge is 2.25. The number of hydrogen-bond acceptors (Lipinski definition) is 4. The molecular weight excluding hydrogens is 472 g/mol. The van der Waals surface area contributed by atoms with Crippen molar-refractivity contribution < 1.29 is 13.2 Å². The molecule has 9 heteroatoms. The second-order valence-electron chi connectivity index (χ2n) is 7.69. The van der Waals surface area contributed by atoms with E-state index < -0.39 is 22.0 Å². The number of carbonyl (C=O) groups is 1. The zero-order valence-corrected chi connectivity index (χ0v) is 20.2. The number of aryl methyl sites for hydroxylation is 1. The molecule has 7 nitrogen and oxygen atoms in total. The van der Waals surface area contributed by atoms with Crippen LogP contribution in [0.25, 0.3) is 0 Å². The number of rotatable bonds is 7. The Kier molecular flexibility index (Phi) is 6.72. The second-order valence-corrected chi connectivity index (χ2v) is 10.1. The van der Waals surface area contributed by atoms with E-state index in [1.54, 1.807) is 48.8 Å². The smallest absolute Gasteiger partial charge is 0.264 e. The maximum absolute atomic E-state index is 13.2. The van der Waals surface area contributed by atoms with Crippen molar-refractivity contribution in [2.75, 3.05) is 11.4 Å². The number of halogens is 1. The lowest BCUT2D eigenvalue weighted by Gasteiger charge is -2.21. The summed E-state index contributed by atoms with van der Waals surface area (Å²) in [6.07, 6.45) is 3.46. The molecule has 0 fully saturated rings. The Hall–Kier alpha value is -3.62. The Morgan fingerprint density at radius 2 is 1.76 bits per heavy atom. The van der Waals surface area contributed by atoms with Crippen LogP contribution in [0.1, 0.15) is 27.8 Å². The van der Waals surface area contributed by atoms with Gasteiger partial charge in [0.2, 0.25) is 0 Å². The van der Waals surface area contributed by atoms with Gasteiger partial charge in [-0.2, -0.15) is 0 Å². The molecule has 3 aromatic carbocycles. The van der Waals surface area contributed by atoms with Gasteiger partial charge < -0.3 is 9.88 Å². The highest BCUT2D eigenvalue weighted by molar-refractivity contribution is 7.92. The molecule has 0 aliphatic rings. The van der Waals surface area contributed by atoms with Crippen LogP contribution in [0.4, 0.5) is 5.69 Å². The van der Waals surface area contributed by atoms with Gasteiger partial charge in [0.1, 0.15) is 11.9 Å². The summed E-state index contributed by atoms with van der Waals surface area (Å²) < 4.78 is 29.4. The van der Waals surface area contributed by atoms with Crippen molar-refractivity contribution in [2.24, 2.45) is 7.05 Å². The van der Waals surface area contributed by atoms with Crippen molar-refractivity contribution in [3.8, 4) is 0 Å². The highest BCUT2D eigenvalue weighted by Crippen LogP contribution is 2.26. The molecule has 174 valence electrons. The average molecular weight is 495 g/mol. The molecule has 0 saturated heterocycles. The van der Waals surface area contributed by atoms with Crippen LogP contribution in [0.3, 0.4) is 0 Å². The number of amides is 1. The summed E-state index contributed by atoms with van der Waals surface area (Å²) in [5.74, 6) is 0.239. The molecule has 1 aromatic heterocycles. The number of sulfonamides is 1. The zero-order chi connectivity index (χ0) is 24.3. The summed E-state index contributed by atoms with van der Waals surface area (Å²) in [4.78, 5) is 17.6. The molecule has 34 heavy (non-hydrogen) atoms. The molecule has 1 unspecified atom stereocenters. The predicted octanol–water partition coefficient (Wildman–Crippen LogP) is 4.42. The first kappa shape index (κ1) is 23.5. The summed E-state index contributed by atoms with van der Waals surface area (Å²) in [6.45, 7) is 0. The van der Waals surface area contributed by atoms with Gasteiger partial charge in [0.15, 0.2) is 0 Å². The lowest BCUT2D eigenvalue weighted by molar-refractivity contribution is 0.0941. The van der Waals surface area contributed by atoms with E-state index in [-0.39, 0.29) is 10.5 Å². The summed E-state index contributed by atoms with van der Waals surface area (Å²) in [5, 5.41) is 3.42. The number of nitrogens with one attached hydrogen (secondary N) is 1. The minimum Gasteiger partial charge on any atom is -0.338 e. The Morgan fingerprint density at radius 3 is 2.44 bits per heavy atom. The minimum atomic E-state index is -3.92. The van der Waals surface area contributed by atoms with Gasteiger partial charge in [-0.25, -0.2) is 13.4 Å². The molecule has 0 radical (unpaired) electrons. The average Bonchev–Trinajstić information content (AvgIpc) is 3.28. The quantitative estimate of drug-likeness (QED) is 0.412. The molecule has 0 spiro atoms. The van der Waals surface area contributed by atoms with E-state index in [1.807, 2.05) is 41.9 Å². The third-order valence-electron chi connectivity index (χ3n) is 5.45. The molecule has 0 aliphatic carbocycles. The minimum absolute atomic E-state index is 0.00382. The van der Waals surface area contributed by atoms with Gasteiger partial charge in [-0.3, -0.25) is 9.10 Å². The number of anilines is 1. The van der Waals surface area contributed by atoms with Gasteiger partial charge in [-0.1, -0.05) is 54.1 Å². The van der Waals surface area contributed by atoms with Crippen LogP contribution in [0.15, 0.2) is 96.2 Å². The van der Waals surface area contributed by atoms with Gasteiger partial charge in [-0.05, 0) is 42.0 Å². The van der Waals surface area contributed by atoms with Crippen LogP contribution in [0, 0.1) is 0 Å². The van der Waals surface area contributed by atoms with E-state index >= 15 is 0 Å². The normalized spacial score (nSPS) is 12.2. The van der Waals surface area contributed by atoms with Gasteiger partial charge in [0.25, 0.3) is 15.9 Å². The fraction of sp³-hybridized carbons (Fsp3) is 0.120. The van der Waals surface area contributed by atoms with Crippen molar-refractivity contribution >= 4 is 33.2 Å². The molecule has 1 amide bonds. The summed E-state index contributed by atoms with van der Waals surface area (Å²) >= 11 is 6.02. The van der Waals surface area contributed by atoms with Crippen molar-refractivity contribution in [3.05, 3.63) is 113 Å². The molecule has 0 aliphatic heterocycles. The number of imidazole rings is 1. The van der Waals surface area contributed by atoms with Gasteiger partial charge in [0.05, 0.1) is 10.6 Å². The monoisotopic (exact) mass is 494 g/mol. The van der Waals surface area contributed by atoms with E-state index in [0.717, 1.165) is 9.87 Å². The molecule has 1 heterocycles. The van der Waals surface area contributed by atoms with Crippen LogP contribution < -0.4 is 9.62 Å². The van der Waals surface area contributed by atoms with Crippen LogP contribution >= 0.6 is 11.6 Å². The van der Waals surface area contributed by atoms with Crippen molar-refractivity contribution in [3.63, 3.8) is 0 Å². The Balaban J connectivity index is 1.64. The number of hydrogen-bond donors (Lipinski definition) is 1. The summed E-state index contributed by atoms with van der Waals surface area (Å²) in [7, 11) is -0.622. The molecule has 4 rings (SSSR count). The molecule has 0 bridgehead atoms. The van der Waals surface area contributed by atoms with Gasteiger partial charge in [0, 0.05) is 37.1 Å². The lowest BCUT2D eigenvalue weighted by Crippen LogP contribution is -2.31. The van der Waals surface area contributed by atoms with E-state index in [9.17, 15) is 13.2 Å². The Morgan fingerprint density at radius 1 is 1.03 bits per heavy atom. The van der Waals surface area contributed by atoms with Gasteiger partial charge >= 0.3 is 0 Å². The number of benzene rings is 3. The molecule has 1 N–H and O–H groups in total. The first-order valence-electron chi connectivity index (χ1n) is 10.4. The van der Waals surface area contributed by atoms with Crippen molar-refractivity contribution in [1.82, 2.24) is 14.9 Å². The first-order chi connectivity index (χ1) is 16.3. The van der Waals surface area contributed by atoms with Crippen molar-refractivity contribution in [1.29, 1.82) is 0 Å². The van der Waals surface area contributed by atoms with E-state index in [0.29, 0.717) is 16.5 Å². The molecule has 1 atom stereocenters. The molecule has 0 saturated carbocycles. The maximum atomic E-state index is 13.2. The largest absolute Gasteiger partial charge is 0.338 e. The standard InChI is InChI=1S/C25H23ClN4O3S/c1-29-15-14-27-24(29)23(18-8-4-3-5-9-18)28-25(31)19-10-6-13-22(16-19)34(32,33)30(2)21-12-7-11-20(26)17-21/h3-17,23H,1-2H3,(H,28,31). The van der Waals surface area contributed by atoms with Crippen molar-refractivity contribution in [2.45, 2.75) is 10.9 Å². The third kappa shape index (κ3) is 4.83. The Labute approximate surface area is 203 Å². The second kappa shape index (κ2) is 9.70. The molecular formula is C25H23ClN4O3S. The molecule has 4 aromatic rings. The fourth-order valence-corrected chi connectivity index (χ4v) is 5.00. The summed E-state index contributed by atoms with van der Waals surface area (Å²) in [5.41, 5.74) is 1.49. The van der Waals surface area contributed by atoms with E-state index in [1.165, 1.54) is 19.2 Å². The lowest BCUT2D eigenvalue weighted by atomic mass is 10.1. The predicted molar refractivity (Wildman–Crippen MR) is 132 cm³/mol. The number of aromatic nitrogens is 2. The number of nitrogens with zero attached hydrogens (tertiary/aromatic N) is 3. The fourth-order valence-electron chi connectivity index (χ4n) is 3.58. The first-order valence-corrected chi connectivity index (χ1v) is 12.3. The SMILES string of the molecule is CN(c1cccc(Cl)c1)S(=O)(=O)c1cccc(C(=O)NC(c2ccccc2)c2nccn2C)c1. The number of carbonyl (C=O) groups excluding carboxylic acids is 1. The van der Waals surface area contributed by atoms with Gasteiger partial charge in [-0.15, -0.1) is 0 Å². The van der Waals surface area contributed by atoms with E-state index in [2.05, 4.69) is 10.3 Å². The van der Waals surface area contributed by atoms with Crippen LogP contribution in [0.5, 0.6) is 0 Å². The zero-order valence-electron chi connectivity index (χ0n) is 18.6. The highest BCUT2D eigenvalue weighted by atomic mass is 35.5. The third-order valence-corrected chi connectivity index (χ3v) is 7.47. The van der Waals surface area contributed by atoms with E-state index in [4.69, 9.17) is 11.6 Å². The van der Waals surface area contributed by atoms with Crippen LogP contribution in [0.2, 0.25) is 5.02 Å². The summed E-state index contributed by atoms with van der Waals surface area (Å²) in [6, 6.07) is 21.5.